The van der Waals surface area contributed by atoms with Gasteiger partial charge in [-0.25, -0.2) is 24.3 Å². The molecule has 1 unspecified atom stereocenters. The van der Waals surface area contributed by atoms with Crippen LogP contribution in [-0.2, 0) is 14.3 Å². The van der Waals surface area contributed by atoms with Gasteiger partial charge in [0, 0.05) is 31.4 Å². The number of halogens is 1. The van der Waals surface area contributed by atoms with Gasteiger partial charge in [0.2, 0.25) is 18.1 Å². The second kappa shape index (κ2) is 12.5. The van der Waals surface area contributed by atoms with Gasteiger partial charge in [-0.1, -0.05) is 0 Å². The number of amides is 1. The molecule has 3 aromatic rings. The maximum atomic E-state index is 15.0. The molecule has 39 heavy (non-hydrogen) atoms. The molecule has 5 rings (SSSR count). The molecule has 1 amide bonds. The number of pyridine rings is 2. The van der Waals surface area contributed by atoms with Crippen LogP contribution in [0.1, 0.15) is 12.8 Å². The average Bonchev–Trinajstić information content (AvgIpc) is 3.21. The van der Waals surface area contributed by atoms with E-state index in [2.05, 4.69) is 36.6 Å². The number of hydrogen-bond acceptors (Lipinski definition) is 11. The first-order valence-electron chi connectivity index (χ1n) is 12.7. The smallest absolute Gasteiger partial charge is 0.239 e. The van der Waals surface area contributed by atoms with Gasteiger partial charge >= 0.3 is 0 Å². The lowest BCUT2D eigenvalue weighted by Gasteiger charge is -2.27. The lowest BCUT2D eigenvalue weighted by Crippen LogP contribution is -2.41. The van der Waals surface area contributed by atoms with Crippen molar-refractivity contribution in [2.45, 2.75) is 19.1 Å². The molecule has 0 bridgehead atoms. The van der Waals surface area contributed by atoms with Crippen molar-refractivity contribution in [1.82, 2.24) is 24.8 Å². The molecule has 2 aliphatic rings. The van der Waals surface area contributed by atoms with Crippen molar-refractivity contribution in [2.24, 2.45) is 0 Å². The average molecular weight is 534 g/mol. The molecule has 0 aliphatic carbocycles. The van der Waals surface area contributed by atoms with Gasteiger partial charge in [-0.3, -0.25) is 9.69 Å². The summed E-state index contributed by atoms with van der Waals surface area (Å²) in [7, 11) is 0. The summed E-state index contributed by atoms with van der Waals surface area (Å²) >= 11 is 0. The Morgan fingerprint density at radius 3 is 2.77 bits per heavy atom. The Morgan fingerprint density at radius 2 is 1.97 bits per heavy atom. The minimum atomic E-state index is -0.831. The summed E-state index contributed by atoms with van der Waals surface area (Å²) in [4.78, 5) is 33.3. The largest absolute Gasteiger partial charge is 0.379 e. The molecule has 2 N–H and O–H groups in total. The zero-order chi connectivity index (χ0) is 27.0. The van der Waals surface area contributed by atoms with Gasteiger partial charge in [0.15, 0.2) is 5.82 Å². The zero-order valence-electron chi connectivity index (χ0n) is 21.2. The fourth-order valence-corrected chi connectivity index (χ4v) is 4.35. The van der Waals surface area contributed by atoms with E-state index in [4.69, 9.17) is 9.47 Å². The van der Waals surface area contributed by atoms with Gasteiger partial charge in [-0.15, -0.1) is 0 Å². The molecular weight excluding hydrogens is 505 g/mol. The molecule has 12 nitrogen and oxygen atoms in total. The van der Waals surface area contributed by atoms with E-state index in [0.717, 1.165) is 19.0 Å². The highest BCUT2D eigenvalue weighted by atomic mass is 19.1. The second-order valence-corrected chi connectivity index (χ2v) is 9.01. The highest BCUT2D eigenvalue weighted by Crippen LogP contribution is 2.32. The number of ether oxygens (including phenoxy) is 2. The third-order valence-electron chi connectivity index (χ3n) is 6.28. The summed E-state index contributed by atoms with van der Waals surface area (Å²) in [6.45, 7) is 3.95. The zero-order valence-corrected chi connectivity index (χ0v) is 21.2. The Bertz CT molecular complexity index is 1330. The van der Waals surface area contributed by atoms with Gasteiger partial charge in [-0.05, 0) is 37.1 Å². The SMILES string of the molecule is N#CC1OCCCCN1c1ncccc1-c1nc(Nc2ccc(NC(=O)CN3CCOCC3)nc2)ncc1F. The predicted octanol–water partition coefficient (Wildman–Crippen LogP) is 2.55. The summed E-state index contributed by atoms with van der Waals surface area (Å²) in [6.07, 6.45) is 4.99. The molecule has 0 saturated carbocycles. The number of aromatic nitrogens is 4. The standard InChI is InChI=1S/C26H28FN9O3/c27-20-16-31-26(32-18-5-6-21(30-15-18)33-22(37)17-35-9-12-38-13-10-35)34-24(20)19-4-3-7-29-25(19)36-8-1-2-11-39-23(36)14-28/h3-7,15-16,23H,1-2,8-13,17H2,(H,30,33,37)(H,31,32,34). The van der Waals surface area contributed by atoms with Gasteiger partial charge in [0.05, 0.1) is 44.4 Å². The van der Waals surface area contributed by atoms with Crippen molar-refractivity contribution < 1.29 is 18.7 Å². The van der Waals surface area contributed by atoms with Crippen molar-refractivity contribution in [1.29, 1.82) is 5.26 Å². The van der Waals surface area contributed by atoms with E-state index < -0.39 is 12.0 Å². The Morgan fingerprint density at radius 1 is 1.10 bits per heavy atom. The monoisotopic (exact) mass is 533 g/mol. The maximum absolute atomic E-state index is 15.0. The number of hydrogen-bond donors (Lipinski definition) is 2. The van der Waals surface area contributed by atoms with E-state index >= 15 is 0 Å². The summed E-state index contributed by atoms with van der Waals surface area (Å²) in [5.74, 6) is 0.184. The molecule has 202 valence electrons. The summed E-state index contributed by atoms with van der Waals surface area (Å²) < 4.78 is 25.9. The van der Waals surface area contributed by atoms with Gasteiger partial charge in [0.1, 0.15) is 23.4 Å². The summed E-state index contributed by atoms with van der Waals surface area (Å²) in [5, 5.41) is 15.4. The van der Waals surface area contributed by atoms with Crippen molar-refractivity contribution in [3.8, 4) is 17.3 Å². The van der Waals surface area contributed by atoms with E-state index in [1.165, 1.54) is 6.20 Å². The number of anilines is 4. The third kappa shape index (κ3) is 6.61. The van der Waals surface area contributed by atoms with Crippen molar-refractivity contribution >= 4 is 29.2 Å². The summed E-state index contributed by atoms with van der Waals surface area (Å²) in [5.41, 5.74) is 1.01. The first-order valence-corrected chi connectivity index (χ1v) is 12.7. The Hall–Kier alpha value is -4.25. The number of carbonyl (C=O) groups is 1. The molecule has 0 radical (unpaired) electrons. The number of nitrogens with one attached hydrogen (secondary N) is 2. The lowest BCUT2D eigenvalue weighted by molar-refractivity contribution is -0.118. The normalized spacial score (nSPS) is 18.2. The second-order valence-electron chi connectivity index (χ2n) is 9.01. The molecule has 0 spiro atoms. The Kier molecular flexibility index (Phi) is 8.47. The van der Waals surface area contributed by atoms with Crippen LogP contribution in [0.2, 0.25) is 0 Å². The van der Waals surface area contributed by atoms with E-state index in [1.54, 1.807) is 35.4 Å². The highest BCUT2D eigenvalue weighted by Gasteiger charge is 2.26. The Labute approximate surface area is 224 Å². The quantitative estimate of drug-likeness (QED) is 0.463. The molecule has 1 atom stereocenters. The number of rotatable bonds is 7. The van der Waals surface area contributed by atoms with Crippen LogP contribution in [0.25, 0.3) is 11.3 Å². The van der Waals surface area contributed by atoms with Crippen molar-refractivity contribution in [3.05, 3.63) is 48.7 Å². The van der Waals surface area contributed by atoms with Crippen LogP contribution in [0, 0.1) is 17.1 Å². The number of nitriles is 1. The maximum Gasteiger partial charge on any atom is 0.239 e. The van der Waals surface area contributed by atoms with Crippen molar-refractivity contribution in [2.75, 3.05) is 61.5 Å². The molecule has 0 aromatic carbocycles. The lowest BCUT2D eigenvalue weighted by atomic mass is 10.1. The van der Waals surface area contributed by atoms with E-state index in [9.17, 15) is 14.4 Å². The van der Waals surface area contributed by atoms with Crippen LogP contribution in [0.4, 0.5) is 27.7 Å². The number of carbonyl (C=O) groups excluding carboxylic acids is 1. The molecule has 5 heterocycles. The minimum absolute atomic E-state index is 0.0384. The predicted molar refractivity (Wildman–Crippen MR) is 141 cm³/mol. The van der Waals surface area contributed by atoms with Crippen LogP contribution in [0.3, 0.4) is 0 Å². The van der Waals surface area contributed by atoms with Crippen LogP contribution in [0.15, 0.2) is 42.9 Å². The van der Waals surface area contributed by atoms with Gasteiger partial charge < -0.3 is 25.0 Å². The molecular formula is C26H28FN9O3. The van der Waals surface area contributed by atoms with Crippen LogP contribution < -0.4 is 15.5 Å². The highest BCUT2D eigenvalue weighted by molar-refractivity contribution is 5.91. The topological polar surface area (TPSA) is 141 Å². The molecule has 2 saturated heterocycles. The van der Waals surface area contributed by atoms with E-state index in [1.807, 2.05) is 4.90 Å². The van der Waals surface area contributed by atoms with E-state index in [-0.39, 0.29) is 24.1 Å². The first-order chi connectivity index (χ1) is 19.1. The molecule has 2 fully saturated rings. The summed E-state index contributed by atoms with van der Waals surface area (Å²) in [6, 6.07) is 8.91. The molecule has 13 heteroatoms. The number of nitrogens with zero attached hydrogens (tertiary/aromatic N) is 7. The Balaban J connectivity index is 1.30. The van der Waals surface area contributed by atoms with E-state index in [0.29, 0.717) is 62.3 Å². The van der Waals surface area contributed by atoms with Crippen LogP contribution >= 0.6 is 0 Å². The van der Waals surface area contributed by atoms with Gasteiger partial charge in [0.25, 0.3) is 0 Å². The van der Waals surface area contributed by atoms with Crippen molar-refractivity contribution in [3.63, 3.8) is 0 Å². The minimum Gasteiger partial charge on any atom is -0.379 e. The fraction of sp³-hybridized carbons (Fsp3) is 0.385. The molecule has 3 aromatic heterocycles. The van der Waals surface area contributed by atoms with Crippen LogP contribution in [0.5, 0.6) is 0 Å². The van der Waals surface area contributed by atoms with Crippen LogP contribution in [-0.4, -0.2) is 83.0 Å². The third-order valence-corrected chi connectivity index (χ3v) is 6.28. The first kappa shape index (κ1) is 26.4. The number of morpholine rings is 1. The fourth-order valence-electron chi connectivity index (χ4n) is 4.35. The van der Waals surface area contributed by atoms with Gasteiger partial charge in [-0.2, -0.15) is 5.26 Å². The molecule has 2 aliphatic heterocycles.